The van der Waals surface area contributed by atoms with Gasteiger partial charge < -0.3 is 15.0 Å². The Morgan fingerprint density at radius 3 is 2.22 bits per heavy atom. The normalized spacial score (nSPS) is 12.2. The van der Waals surface area contributed by atoms with Gasteiger partial charge in [0.25, 0.3) is 0 Å². The number of benzene rings is 2. The van der Waals surface area contributed by atoms with Gasteiger partial charge >= 0.3 is 0 Å². The van der Waals surface area contributed by atoms with Crippen molar-refractivity contribution in [1.82, 2.24) is 10.2 Å². The molecule has 0 heterocycles. The molecule has 0 bridgehead atoms. The molecule has 2 amide bonds. The zero-order valence-corrected chi connectivity index (χ0v) is 23.0. The number of nitrogens with zero attached hydrogens (tertiary/aromatic N) is 2. The molecule has 9 heteroatoms. The average Bonchev–Trinajstić information content (AvgIpc) is 2.81. The fourth-order valence-corrected chi connectivity index (χ4v) is 5.08. The van der Waals surface area contributed by atoms with E-state index in [0.29, 0.717) is 24.3 Å². The molecule has 0 radical (unpaired) electrons. The zero-order valence-electron chi connectivity index (χ0n) is 22.2. The van der Waals surface area contributed by atoms with Crippen LogP contribution in [0.3, 0.4) is 0 Å². The first kappa shape index (κ1) is 29.2. The molecule has 36 heavy (non-hydrogen) atoms. The third-order valence-electron chi connectivity index (χ3n) is 5.87. The first-order chi connectivity index (χ1) is 17.0. The predicted molar refractivity (Wildman–Crippen MR) is 144 cm³/mol. The van der Waals surface area contributed by atoms with E-state index in [2.05, 4.69) is 5.32 Å². The molecule has 1 atom stereocenters. The van der Waals surface area contributed by atoms with Crippen molar-refractivity contribution >= 4 is 27.5 Å². The number of aryl methyl sites for hydroxylation is 1. The van der Waals surface area contributed by atoms with E-state index < -0.39 is 16.1 Å². The minimum absolute atomic E-state index is 0.0538. The fourth-order valence-electron chi connectivity index (χ4n) is 4.05. The first-order valence-electron chi connectivity index (χ1n) is 12.2. The maximum absolute atomic E-state index is 13.4. The van der Waals surface area contributed by atoms with Crippen LogP contribution in [0, 0.1) is 6.92 Å². The van der Waals surface area contributed by atoms with E-state index in [1.54, 1.807) is 24.1 Å². The number of methoxy groups -OCH3 is 1. The van der Waals surface area contributed by atoms with Gasteiger partial charge in [0.1, 0.15) is 11.8 Å². The average molecular weight is 518 g/mol. The number of nitrogens with one attached hydrogen (secondary N) is 1. The molecule has 0 aliphatic carbocycles. The first-order valence-corrected chi connectivity index (χ1v) is 14.1. The molecule has 0 spiro atoms. The summed E-state index contributed by atoms with van der Waals surface area (Å²) in [6.07, 6.45) is 2.06. The maximum atomic E-state index is 13.4. The molecule has 0 aliphatic rings. The molecule has 0 aromatic heterocycles. The molecule has 2 aromatic carbocycles. The largest absolute Gasteiger partial charge is 0.497 e. The van der Waals surface area contributed by atoms with E-state index in [-0.39, 0.29) is 37.4 Å². The van der Waals surface area contributed by atoms with Crippen LogP contribution < -0.4 is 14.4 Å². The van der Waals surface area contributed by atoms with Gasteiger partial charge in [0.05, 0.1) is 19.1 Å². The van der Waals surface area contributed by atoms with Crippen molar-refractivity contribution in [2.45, 2.75) is 65.6 Å². The van der Waals surface area contributed by atoms with Crippen molar-refractivity contribution in [2.24, 2.45) is 0 Å². The predicted octanol–water partition coefficient (Wildman–Crippen LogP) is 3.88. The quantitative estimate of drug-likeness (QED) is 0.435. The molecule has 8 nitrogen and oxygen atoms in total. The van der Waals surface area contributed by atoms with E-state index in [0.717, 1.165) is 11.1 Å². The Morgan fingerprint density at radius 1 is 1.06 bits per heavy atom. The topological polar surface area (TPSA) is 96.0 Å². The summed E-state index contributed by atoms with van der Waals surface area (Å²) in [5, 5.41) is 2.91. The Bertz CT molecular complexity index is 1120. The smallest absolute Gasteiger partial charge is 0.243 e. The van der Waals surface area contributed by atoms with Crippen LogP contribution in [0.25, 0.3) is 0 Å². The number of hydrogen-bond donors (Lipinski definition) is 1. The van der Waals surface area contributed by atoms with Crippen LogP contribution in [0.15, 0.2) is 48.5 Å². The summed E-state index contributed by atoms with van der Waals surface area (Å²) in [6, 6.07) is 14.0. The molecule has 0 fully saturated rings. The van der Waals surface area contributed by atoms with Crippen LogP contribution in [-0.4, -0.2) is 57.1 Å². The van der Waals surface area contributed by atoms with Crippen LogP contribution in [0.1, 0.15) is 51.2 Å². The molecule has 0 saturated heterocycles. The van der Waals surface area contributed by atoms with Crippen molar-refractivity contribution in [3.63, 3.8) is 0 Å². The molecule has 2 aromatic rings. The summed E-state index contributed by atoms with van der Waals surface area (Å²) in [7, 11) is -1.94. The Morgan fingerprint density at radius 2 is 1.69 bits per heavy atom. The number of hydrogen-bond acceptors (Lipinski definition) is 5. The summed E-state index contributed by atoms with van der Waals surface area (Å²) in [4.78, 5) is 28.0. The molecule has 0 unspecified atom stereocenters. The molecule has 1 N–H and O–H groups in total. The highest BCUT2D eigenvalue weighted by molar-refractivity contribution is 7.92. The third kappa shape index (κ3) is 8.26. The van der Waals surface area contributed by atoms with E-state index in [9.17, 15) is 18.0 Å². The number of carbonyl (C=O) groups excluding carboxylic acids is 2. The fraction of sp³-hybridized carbons (Fsp3) is 0.481. The van der Waals surface area contributed by atoms with Crippen molar-refractivity contribution in [3.05, 3.63) is 59.7 Å². The van der Waals surface area contributed by atoms with Gasteiger partial charge in [-0.2, -0.15) is 0 Å². The summed E-state index contributed by atoms with van der Waals surface area (Å²) in [5.41, 5.74) is 2.31. The zero-order chi connectivity index (χ0) is 26.9. The van der Waals surface area contributed by atoms with Gasteiger partial charge in [0.2, 0.25) is 21.8 Å². The number of rotatable bonds is 13. The maximum Gasteiger partial charge on any atom is 0.243 e. The summed E-state index contributed by atoms with van der Waals surface area (Å²) in [6.45, 7) is 7.93. The minimum atomic E-state index is -3.53. The lowest BCUT2D eigenvalue weighted by molar-refractivity contribution is -0.141. The molecule has 0 saturated carbocycles. The number of amides is 2. The van der Waals surface area contributed by atoms with Gasteiger partial charge in [0.15, 0.2) is 0 Å². The van der Waals surface area contributed by atoms with Crippen molar-refractivity contribution < 1.29 is 22.7 Å². The lowest BCUT2D eigenvalue weighted by atomic mass is 10.1. The van der Waals surface area contributed by atoms with Crippen LogP contribution in [0.2, 0.25) is 0 Å². The highest BCUT2D eigenvalue weighted by atomic mass is 32.2. The highest BCUT2D eigenvalue weighted by Crippen LogP contribution is 2.23. The second kappa shape index (κ2) is 13.3. The highest BCUT2D eigenvalue weighted by Gasteiger charge is 2.29. The van der Waals surface area contributed by atoms with E-state index in [4.69, 9.17) is 4.74 Å². The summed E-state index contributed by atoms with van der Waals surface area (Å²) < 4.78 is 31.6. The summed E-state index contributed by atoms with van der Waals surface area (Å²) in [5.74, 6) is 0.306. The van der Waals surface area contributed by atoms with Gasteiger partial charge in [-0.15, -0.1) is 0 Å². The number of para-hydroxylation sites is 1. The van der Waals surface area contributed by atoms with Gasteiger partial charge in [-0.1, -0.05) is 37.3 Å². The van der Waals surface area contributed by atoms with Crippen molar-refractivity contribution in [1.29, 1.82) is 0 Å². The number of carbonyl (C=O) groups is 2. The summed E-state index contributed by atoms with van der Waals surface area (Å²) >= 11 is 0. The van der Waals surface area contributed by atoms with Crippen LogP contribution in [-0.2, 0) is 26.2 Å². The Kier molecular flexibility index (Phi) is 10.8. The van der Waals surface area contributed by atoms with Crippen molar-refractivity contribution in [3.8, 4) is 5.75 Å². The van der Waals surface area contributed by atoms with Gasteiger partial charge in [-0.25, -0.2) is 8.42 Å². The molecule has 0 aliphatic heterocycles. The molecule has 2 rings (SSSR count). The minimum Gasteiger partial charge on any atom is -0.497 e. The van der Waals surface area contributed by atoms with E-state index in [1.807, 2.05) is 64.1 Å². The second-order valence-corrected chi connectivity index (χ2v) is 11.1. The Hall–Kier alpha value is -3.07. The molecule has 198 valence electrons. The third-order valence-corrected chi connectivity index (χ3v) is 7.05. The standard InChI is InChI=1S/C27H39N3O5S/c1-7-24(27(32)28-20(2)3)29(19-22-14-16-23(35-5)17-15-22)26(31)13-10-18-30(36(6,33)34)25-12-9-8-11-21(25)4/h8-9,11-12,14-17,20,24H,7,10,13,18-19H2,1-6H3,(H,28,32)/t24-/m1/s1. The van der Waals surface area contributed by atoms with Crippen LogP contribution >= 0.6 is 0 Å². The Labute approximate surface area is 215 Å². The monoisotopic (exact) mass is 517 g/mol. The van der Waals surface area contributed by atoms with Crippen molar-refractivity contribution in [2.75, 3.05) is 24.2 Å². The van der Waals surface area contributed by atoms with E-state index >= 15 is 0 Å². The molecular weight excluding hydrogens is 478 g/mol. The van der Waals surface area contributed by atoms with Gasteiger partial charge in [-0.05, 0) is 62.9 Å². The number of anilines is 1. The van der Waals surface area contributed by atoms with Crippen LogP contribution in [0.4, 0.5) is 5.69 Å². The molecular formula is C27H39N3O5S. The lowest BCUT2D eigenvalue weighted by Gasteiger charge is -2.31. The van der Waals surface area contributed by atoms with Crippen LogP contribution in [0.5, 0.6) is 5.75 Å². The Balaban J connectivity index is 2.23. The van der Waals surface area contributed by atoms with Gasteiger partial charge in [0, 0.05) is 25.6 Å². The number of sulfonamides is 1. The van der Waals surface area contributed by atoms with Gasteiger partial charge in [-0.3, -0.25) is 13.9 Å². The number of ether oxygens (including phenoxy) is 1. The second-order valence-electron chi connectivity index (χ2n) is 9.18. The van der Waals surface area contributed by atoms with E-state index in [1.165, 1.54) is 10.6 Å². The lowest BCUT2D eigenvalue weighted by Crippen LogP contribution is -2.50. The SMILES string of the molecule is CC[C@H](C(=O)NC(C)C)N(Cc1ccc(OC)cc1)C(=O)CCCN(c1ccccc1C)S(C)(=O)=O.